The standard InChI is InChI=1S/C12H11FN2O3/c1-2-18-10-4-3-7(5-9(10)13)11-8(12(16)17)6-14-15-11/h3-6H,2H2,1H3,(H,14,15)(H,16,17). The fraction of sp³-hybridized carbons (Fsp3) is 0.167. The first kappa shape index (κ1) is 12.1. The van der Waals surface area contributed by atoms with E-state index in [2.05, 4.69) is 10.2 Å². The Kier molecular flexibility index (Phi) is 3.27. The van der Waals surface area contributed by atoms with Crippen LogP contribution >= 0.6 is 0 Å². The van der Waals surface area contributed by atoms with E-state index in [0.717, 1.165) is 0 Å². The third-order valence-electron chi connectivity index (χ3n) is 2.39. The van der Waals surface area contributed by atoms with Crippen molar-refractivity contribution in [3.8, 4) is 17.0 Å². The van der Waals surface area contributed by atoms with Gasteiger partial charge in [-0.15, -0.1) is 0 Å². The lowest BCUT2D eigenvalue weighted by Gasteiger charge is -2.06. The maximum atomic E-state index is 13.7. The maximum Gasteiger partial charge on any atom is 0.339 e. The summed E-state index contributed by atoms with van der Waals surface area (Å²) in [5.41, 5.74) is 0.675. The summed E-state index contributed by atoms with van der Waals surface area (Å²) < 4.78 is 18.7. The molecule has 5 nitrogen and oxygen atoms in total. The van der Waals surface area contributed by atoms with Crippen LogP contribution in [-0.2, 0) is 0 Å². The molecule has 6 heteroatoms. The Morgan fingerprint density at radius 1 is 1.56 bits per heavy atom. The summed E-state index contributed by atoms with van der Waals surface area (Å²) in [5, 5.41) is 15.1. The van der Waals surface area contributed by atoms with Gasteiger partial charge < -0.3 is 9.84 Å². The minimum Gasteiger partial charge on any atom is -0.491 e. The topological polar surface area (TPSA) is 75.2 Å². The Morgan fingerprint density at radius 2 is 2.33 bits per heavy atom. The van der Waals surface area contributed by atoms with E-state index in [4.69, 9.17) is 9.84 Å². The van der Waals surface area contributed by atoms with Gasteiger partial charge in [-0.3, -0.25) is 5.10 Å². The predicted octanol–water partition coefficient (Wildman–Crippen LogP) is 2.31. The lowest BCUT2D eigenvalue weighted by Crippen LogP contribution is -1.98. The predicted molar refractivity (Wildman–Crippen MR) is 62.1 cm³/mol. The molecule has 0 atom stereocenters. The van der Waals surface area contributed by atoms with E-state index >= 15 is 0 Å². The summed E-state index contributed by atoms with van der Waals surface area (Å²) in [6.45, 7) is 2.12. The lowest BCUT2D eigenvalue weighted by atomic mass is 10.1. The number of carboxylic acid groups (broad SMARTS) is 1. The van der Waals surface area contributed by atoms with Gasteiger partial charge in [-0.05, 0) is 25.1 Å². The van der Waals surface area contributed by atoms with Gasteiger partial charge in [-0.25, -0.2) is 9.18 Å². The number of carbonyl (C=O) groups is 1. The van der Waals surface area contributed by atoms with Crippen molar-refractivity contribution in [3.05, 3.63) is 35.8 Å². The van der Waals surface area contributed by atoms with Crippen LogP contribution in [0.4, 0.5) is 4.39 Å². The molecule has 0 unspecified atom stereocenters. The highest BCUT2D eigenvalue weighted by Crippen LogP contribution is 2.26. The van der Waals surface area contributed by atoms with Gasteiger partial charge in [0.1, 0.15) is 5.56 Å². The molecule has 2 aromatic rings. The van der Waals surface area contributed by atoms with E-state index in [-0.39, 0.29) is 17.0 Å². The monoisotopic (exact) mass is 250 g/mol. The van der Waals surface area contributed by atoms with Gasteiger partial charge in [0.25, 0.3) is 0 Å². The maximum absolute atomic E-state index is 13.7. The second-order valence-electron chi connectivity index (χ2n) is 3.54. The quantitative estimate of drug-likeness (QED) is 0.873. The van der Waals surface area contributed by atoms with Crippen molar-refractivity contribution in [2.45, 2.75) is 6.92 Å². The molecular formula is C12H11FN2O3. The second kappa shape index (κ2) is 4.87. The number of nitrogens with zero attached hydrogens (tertiary/aromatic N) is 1. The highest BCUT2D eigenvalue weighted by atomic mass is 19.1. The number of hydrogen-bond acceptors (Lipinski definition) is 3. The number of nitrogens with one attached hydrogen (secondary N) is 1. The van der Waals surface area contributed by atoms with Crippen LogP contribution < -0.4 is 4.74 Å². The molecule has 0 radical (unpaired) electrons. The summed E-state index contributed by atoms with van der Waals surface area (Å²) >= 11 is 0. The zero-order chi connectivity index (χ0) is 13.1. The van der Waals surface area contributed by atoms with Crippen LogP contribution in [0.3, 0.4) is 0 Å². The number of halogens is 1. The minimum atomic E-state index is -1.12. The van der Waals surface area contributed by atoms with Crippen LogP contribution in [0.25, 0.3) is 11.3 Å². The Balaban J connectivity index is 2.42. The number of H-pyrrole nitrogens is 1. The molecule has 0 saturated heterocycles. The number of benzene rings is 1. The first-order chi connectivity index (χ1) is 8.63. The first-order valence-corrected chi connectivity index (χ1v) is 5.33. The molecule has 0 saturated carbocycles. The molecule has 0 aliphatic carbocycles. The zero-order valence-corrected chi connectivity index (χ0v) is 9.61. The van der Waals surface area contributed by atoms with E-state index in [9.17, 15) is 9.18 Å². The van der Waals surface area contributed by atoms with E-state index < -0.39 is 11.8 Å². The molecule has 0 spiro atoms. The average molecular weight is 250 g/mol. The van der Waals surface area contributed by atoms with Crippen molar-refractivity contribution in [3.63, 3.8) is 0 Å². The Morgan fingerprint density at radius 3 is 2.94 bits per heavy atom. The van der Waals surface area contributed by atoms with Crippen molar-refractivity contribution < 1.29 is 19.0 Å². The molecule has 0 amide bonds. The molecule has 0 aliphatic heterocycles. The highest BCUT2D eigenvalue weighted by Gasteiger charge is 2.15. The van der Waals surface area contributed by atoms with Gasteiger partial charge in [0.15, 0.2) is 11.6 Å². The van der Waals surface area contributed by atoms with Crippen molar-refractivity contribution in [2.75, 3.05) is 6.61 Å². The summed E-state index contributed by atoms with van der Waals surface area (Å²) in [6, 6.07) is 4.25. The smallest absolute Gasteiger partial charge is 0.339 e. The van der Waals surface area contributed by atoms with E-state index in [1.54, 1.807) is 13.0 Å². The van der Waals surface area contributed by atoms with Crippen molar-refractivity contribution in [1.82, 2.24) is 10.2 Å². The summed E-state index contributed by atoms with van der Waals surface area (Å²) in [7, 11) is 0. The number of aromatic amines is 1. The van der Waals surface area contributed by atoms with Gasteiger partial charge in [0.05, 0.1) is 18.5 Å². The number of aromatic carboxylic acids is 1. The molecule has 1 heterocycles. The molecule has 0 bridgehead atoms. The van der Waals surface area contributed by atoms with Crippen LogP contribution in [0.2, 0.25) is 0 Å². The van der Waals surface area contributed by atoms with Crippen LogP contribution in [0.5, 0.6) is 5.75 Å². The number of aromatic nitrogens is 2. The Hall–Kier alpha value is -2.37. The van der Waals surface area contributed by atoms with Crippen molar-refractivity contribution in [1.29, 1.82) is 0 Å². The Labute approximate surface area is 102 Å². The minimum absolute atomic E-state index is 0.00133. The zero-order valence-electron chi connectivity index (χ0n) is 9.61. The van der Waals surface area contributed by atoms with Crippen LogP contribution in [0.1, 0.15) is 17.3 Å². The summed E-state index contributed by atoms with van der Waals surface area (Å²) in [4.78, 5) is 10.9. The normalized spacial score (nSPS) is 10.3. The van der Waals surface area contributed by atoms with Gasteiger partial charge in [0.2, 0.25) is 0 Å². The molecule has 0 fully saturated rings. The molecule has 1 aromatic heterocycles. The molecule has 94 valence electrons. The Bertz CT molecular complexity index is 580. The molecule has 0 aliphatic rings. The third kappa shape index (κ3) is 2.17. The molecule has 2 N–H and O–H groups in total. The van der Waals surface area contributed by atoms with Crippen molar-refractivity contribution >= 4 is 5.97 Å². The van der Waals surface area contributed by atoms with E-state index in [0.29, 0.717) is 12.2 Å². The van der Waals surface area contributed by atoms with E-state index in [1.807, 2.05) is 0 Å². The fourth-order valence-corrected chi connectivity index (χ4v) is 1.60. The van der Waals surface area contributed by atoms with Crippen LogP contribution in [0.15, 0.2) is 24.4 Å². The summed E-state index contributed by atoms with van der Waals surface area (Å²) in [5.74, 6) is -1.52. The van der Waals surface area contributed by atoms with Gasteiger partial charge in [0, 0.05) is 5.56 Å². The molecule has 1 aromatic carbocycles. The highest BCUT2D eigenvalue weighted by molar-refractivity contribution is 5.94. The number of rotatable bonds is 4. The van der Waals surface area contributed by atoms with Crippen LogP contribution in [0, 0.1) is 5.82 Å². The molecule has 2 rings (SSSR count). The van der Waals surface area contributed by atoms with Gasteiger partial charge in [-0.1, -0.05) is 0 Å². The fourth-order valence-electron chi connectivity index (χ4n) is 1.60. The number of hydrogen-bond donors (Lipinski definition) is 2. The van der Waals surface area contributed by atoms with Gasteiger partial charge in [-0.2, -0.15) is 5.10 Å². The van der Waals surface area contributed by atoms with Gasteiger partial charge >= 0.3 is 5.97 Å². The lowest BCUT2D eigenvalue weighted by molar-refractivity contribution is 0.0698. The van der Waals surface area contributed by atoms with E-state index in [1.165, 1.54) is 18.3 Å². The largest absolute Gasteiger partial charge is 0.491 e. The summed E-state index contributed by atoms with van der Waals surface area (Å²) in [6.07, 6.45) is 1.19. The van der Waals surface area contributed by atoms with Crippen LogP contribution in [-0.4, -0.2) is 27.9 Å². The average Bonchev–Trinajstić information content (AvgIpc) is 2.81. The van der Waals surface area contributed by atoms with Crippen molar-refractivity contribution in [2.24, 2.45) is 0 Å². The third-order valence-corrected chi connectivity index (χ3v) is 2.39. The SMILES string of the molecule is CCOc1ccc(-c2[nH]ncc2C(=O)O)cc1F. The first-order valence-electron chi connectivity index (χ1n) is 5.33. The second-order valence-corrected chi connectivity index (χ2v) is 3.54. The molecule has 18 heavy (non-hydrogen) atoms. The number of carboxylic acids is 1. The molecular weight excluding hydrogens is 239 g/mol. The number of ether oxygens (including phenoxy) is 1.